The van der Waals surface area contributed by atoms with Gasteiger partial charge in [-0.1, -0.05) is 36.3 Å². The summed E-state index contributed by atoms with van der Waals surface area (Å²) >= 11 is 0. The van der Waals surface area contributed by atoms with Gasteiger partial charge < -0.3 is 0 Å². The Morgan fingerprint density at radius 2 is 2.08 bits per heavy atom. The molecule has 0 saturated heterocycles. The van der Waals surface area contributed by atoms with E-state index in [4.69, 9.17) is 6.42 Å². The third-order valence-electron chi connectivity index (χ3n) is 1.60. The highest BCUT2D eigenvalue weighted by molar-refractivity contribution is 5.98. The average molecular weight is 157 g/mol. The average Bonchev–Trinajstić information content (AvgIpc) is 2.15. The molecule has 0 amide bonds. The van der Waals surface area contributed by atoms with Gasteiger partial charge in [0.05, 0.1) is 6.54 Å². The Hall–Kier alpha value is -1.55. The summed E-state index contributed by atoms with van der Waals surface area (Å²) in [6.07, 6.45) is 5.10. The molecule has 60 valence electrons. The van der Waals surface area contributed by atoms with Crippen LogP contribution < -0.4 is 0 Å². The molecule has 0 atom stereocenters. The molecule has 0 N–H and O–H groups in total. The Morgan fingerprint density at radius 1 is 1.42 bits per heavy atom. The molecule has 1 nitrogen and oxygen atoms in total. The van der Waals surface area contributed by atoms with Gasteiger partial charge in [-0.15, -0.1) is 6.42 Å². The lowest BCUT2D eigenvalue weighted by Gasteiger charge is -1.97. The van der Waals surface area contributed by atoms with Crippen LogP contribution in [0.2, 0.25) is 0 Å². The topological polar surface area (TPSA) is 12.4 Å². The molecule has 1 rings (SSSR count). The first-order chi connectivity index (χ1) is 5.84. The van der Waals surface area contributed by atoms with Crippen LogP contribution >= 0.6 is 0 Å². The first kappa shape index (κ1) is 8.55. The van der Waals surface area contributed by atoms with Gasteiger partial charge in [0, 0.05) is 5.71 Å². The van der Waals surface area contributed by atoms with Gasteiger partial charge in [-0.25, -0.2) is 0 Å². The van der Waals surface area contributed by atoms with Gasteiger partial charge in [0.1, 0.15) is 0 Å². The fraction of sp³-hybridized carbons (Fsp3) is 0.182. The summed E-state index contributed by atoms with van der Waals surface area (Å²) < 4.78 is 0. The number of aliphatic imine (C=N–C) groups is 1. The summed E-state index contributed by atoms with van der Waals surface area (Å²) in [5.41, 5.74) is 2.13. The van der Waals surface area contributed by atoms with E-state index in [9.17, 15) is 0 Å². The van der Waals surface area contributed by atoms with Gasteiger partial charge in [0.25, 0.3) is 0 Å². The Balaban J connectivity index is 2.79. The number of hydrogen-bond donors (Lipinski definition) is 0. The summed E-state index contributed by atoms with van der Waals surface area (Å²) in [5, 5.41) is 0. The van der Waals surface area contributed by atoms with Crippen LogP contribution in [-0.4, -0.2) is 12.3 Å². The molecule has 0 aliphatic carbocycles. The van der Waals surface area contributed by atoms with Crippen molar-refractivity contribution in [1.82, 2.24) is 0 Å². The van der Waals surface area contributed by atoms with Gasteiger partial charge in [0.2, 0.25) is 0 Å². The van der Waals surface area contributed by atoms with Crippen LogP contribution in [0.25, 0.3) is 0 Å². The minimum atomic E-state index is 0.459. The predicted octanol–water partition coefficient (Wildman–Crippen LogP) is 2.13. The number of terminal acetylenes is 1. The fourth-order valence-electron chi connectivity index (χ4n) is 0.935. The van der Waals surface area contributed by atoms with E-state index in [1.807, 2.05) is 37.3 Å². The second-order valence-corrected chi connectivity index (χ2v) is 2.47. The molecule has 0 aliphatic rings. The molecule has 0 heterocycles. The number of hydrogen-bond acceptors (Lipinski definition) is 1. The first-order valence-corrected chi connectivity index (χ1v) is 3.84. The van der Waals surface area contributed by atoms with Crippen molar-refractivity contribution in [2.24, 2.45) is 4.99 Å². The molecule has 1 heteroatoms. The van der Waals surface area contributed by atoms with E-state index in [2.05, 4.69) is 10.9 Å². The maximum absolute atomic E-state index is 5.10. The first-order valence-electron chi connectivity index (χ1n) is 3.84. The van der Waals surface area contributed by atoms with Crippen LogP contribution in [0, 0.1) is 12.3 Å². The number of benzene rings is 1. The number of rotatable bonds is 2. The molecule has 12 heavy (non-hydrogen) atoms. The second kappa shape index (κ2) is 4.35. The summed E-state index contributed by atoms with van der Waals surface area (Å²) in [7, 11) is 0. The van der Waals surface area contributed by atoms with Crippen molar-refractivity contribution in [2.45, 2.75) is 6.92 Å². The number of nitrogens with zero attached hydrogens (tertiary/aromatic N) is 1. The molecule has 0 saturated carbocycles. The quantitative estimate of drug-likeness (QED) is 0.460. The van der Waals surface area contributed by atoms with Crippen LogP contribution in [-0.2, 0) is 0 Å². The Kier molecular flexibility index (Phi) is 3.10. The van der Waals surface area contributed by atoms with Gasteiger partial charge in [0.15, 0.2) is 0 Å². The summed E-state index contributed by atoms with van der Waals surface area (Å²) in [6, 6.07) is 10.0. The van der Waals surface area contributed by atoms with Crippen LogP contribution in [0.15, 0.2) is 35.3 Å². The Labute approximate surface area is 73.2 Å². The third kappa shape index (κ3) is 2.25. The molecule has 0 aromatic heterocycles. The second-order valence-electron chi connectivity index (χ2n) is 2.47. The molecule has 0 spiro atoms. The zero-order valence-corrected chi connectivity index (χ0v) is 7.12. The largest absolute Gasteiger partial charge is 0.277 e. The molecular formula is C11H11N. The van der Waals surface area contributed by atoms with Crippen molar-refractivity contribution in [3.05, 3.63) is 35.9 Å². The summed E-state index contributed by atoms with van der Waals surface area (Å²) in [6.45, 7) is 2.42. The molecule has 0 bridgehead atoms. The maximum Gasteiger partial charge on any atom is 0.0998 e. The minimum Gasteiger partial charge on any atom is -0.277 e. The molecule has 0 radical (unpaired) electrons. The molecule has 1 aromatic carbocycles. The van der Waals surface area contributed by atoms with E-state index in [0.717, 1.165) is 11.3 Å². The van der Waals surface area contributed by atoms with E-state index < -0.39 is 0 Å². The van der Waals surface area contributed by atoms with E-state index >= 15 is 0 Å². The standard InChI is InChI=1S/C11H11N/c1-3-9-12-10(2)11-7-5-4-6-8-11/h1,4-8H,9H2,2H3. The Bertz CT molecular complexity index is 304. The monoisotopic (exact) mass is 157 g/mol. The van der Waals surface area contributed by atoms with E-state index in [-0.39, 0.29) is 0 Å². The zero-order chi connectivity index (χ0) is 8.81. The molecule has 0 unspecified atom stereocenters. The van der Waals surface area contributed by atoms with E-state index in [0.29, 0.717) is 6.54 Å². The highest BCUT2D eigenvalue weighted by atomic mass is 14.7. The predicted molar refractivity (Wildman–Crippen MR) is 52.4 cm³/mol. The maximum atomic E-state index is 5.10. The highest BCUT2D eigenvalue weighted by Gasteiger charge is 1.92. The lowest BCUT2D eigenvalue weighted by molar-refractivity contribution is 1.27. The lowest BCUT2D eigenvalue weighted by Crippen LogP contribution is -1.94. The molecular weight excluding hydrogens is 146 g/mol. The fourth-order valence-corrected chi connectivity index (χ4v) is 0.935. The van der Waals surface area contributed by atoms with Crippen LogP contribution in [0.3, 0.4) is 0 Å². The van der Waals surface area contributed by atoms with Crippen LogP contribution in [0.4, 0.5) is 0 Å². The third-order valence-corrected chi connectivity index (χ3v) is 1.60. The molecule has 0 aliphatic heterocycles. The summed E-state index contributed by atoms with van der Waals surface area (Å²) in [5.74, 6) is 2.48. The van der Waals surface area contributed by atoms with Crippen molar-refractivity contribution >= 4 is 5.71 Å². The van der Waals surface area contributed by atoms with E-state index in [1.165, 1.54) is 0 Å². The molecule has 0 fully saturated rings. The van der Waals surface area contributed by atoms with Gasteiger partial charge >= 0.3 is 0 Å². The minimum absolute atomic E-state index is 0.459. The Morgan fingerprint density at radius 3 is 2.67 bits per heavy atom. The SMILES string of the molecule is C#CCN=C(C)c1ccccc1. The van der Waals surface area contributed by atoms with Crippen LogP contribution in [0.5, 0.6) is 0 Å². The normalized spacial score (nSPS) is 10.8. The van der Waals surface area contributed by atoms with Crippen LogP contribution in [0.1, 0.15) is 12.5 Å². The van der Waals surface area contributed by atoms with Crippen molar-refractivity contribution in [2.75, 3.05) is 6.54 Å². The highest BCUT2D eigenvalue weighted by Crippen LogP contribution is 2.00. The zero-order valence-electron chi connectivity index (χ0n) is 7.12. The van der Waals surface area contributed by atoms with Crippen molar-refractivity contribution in [3.63, 3.8) is 0 Å². The van der Waals surface area contributed by atoms with Gasteiger partial charge in [-0.05, 0) is 12.5 Å². The van der Waals surface area contributed by atoms with Crippen molar-refractivity contribution in [3.8, 4) is 12.3 Å². The lowest BCUT2D eigenvalue weighted by atomic mass is 10.1. The smallest absolute Gasteiger partial charge is 0.0998 e. The van der Waals surface area contributed by atoms with Crippen molar-refractivity contribution < 1.29 is 0 Å². The van der Waals surface area contributed by atoms with E-state index in [1.54, 1.807) is 0 Å². The van der Waals surface area contributed by atoms with Gasteiger partial charge in [-0.3, -0.25) is 4.99 Å². The summed E-state index contributed by atoms with van der Waals surface area (Å²) in [4.78, 5) is 4.19. The molecule has 1 aromatic rings. The van der Waals surface area contributed by atoms with Crippen molar-refractivity contribution in [1.29, 1.82) is 0 Å². The van der Waals surface area contributed by atoms with Gasteiger partial charge in [-0.2, -0.15) is 0 Å².